The molecule has 0 aromatic heterocycles. The number of hydrogen-bond acceptors (Lipinski definition) is 3. The van der Waals surface area contributed by atoms with Crippen molar-refractivity contribution >= 4 is 0 Å². The van der Waals surface area contributed by atoms with Crippen LogP contribution in [0.2, 0.25) is 0 Å². The molecule has 0 saturated heterocycles. The van der Waals surface area contributed by atoms with Crippen LogP contribution in [-0.2, 0) is 0 Å². The van der Waals surface area contributed by atoms with Crippen molar-refractivity contribution in [3.05, 3.63) is 0 Å². The van der Waals surface area contributed by atoms with Gasteiger partial charge in [-0.2, -0.15) is 0 Å². The Labute approximate surface area is 101 Å². The van der Waals surface area contributed by atoms with Crippen molar-refractivity contribution in [3.8, 4) is 0 Å². The fraction of sp³-hybridized carbons (Fsp3) is 1.00. The molecule has 1 atom stereocenters. The molecule has 0 aromatic carbocycles. The normalized spacial score (nSPS) is 13.3. The van der Waals surface area contributed by atoms with Crippen molar-refractivity contribution in [1.82, 2.24) is 10.2 Å². The predicted octanol–water partition coefficient (Wildman–Crippen LogP) is 1.86. The molecule has 0 heterocycles. The van der Waals surface area contributed by atoms with Crippen LogP contribution in [0.3, 0.4) is 0 Å². The molecule has 0 bridgehead atoms. The van der Waals surface area contributed by atoms with Crippen LogP contribution >= 0.6 is 0 Å². The third-order valence-electron chi connectivity index (χ3n) is 3.00. The van der Waals surface area contributed by atoms with Gasteiger partial charge in [-0.15, -0.1) is 0 Å². The second-order valence-corrected chi connectivity index (χ2v) is 4.48. The largest absolute Gasteiger partial charge is 0.396 e. The van der Waals surface area contributed by atoms with E-state index in [4.69, 9.17) is 5.11 Å². The van der Waals surface area contributed by atoms with E-state index in [1.54, 1.807) is 0 Å². The van der Waals surface area contributed by atoms with Crippen molar-refractivity contribution in [2.75, 3.05) is 32.8 Å². The summed E-state index contributed by atoms with van der Waals surface area (Å²) >= 11 is 0. The minimum absolute atomic E-state index is 0.339. The third-order valence-corrected chi connectivity index (χ3v) is 3.00. The number of hydrogen-bond donors (Lipinski definition) is 2. The van der Waals surface area contributed by atoms with E-state index in [0.717, 1.165) is 39.0 Å². The Hall–Kier alpha value is -0.120. The summed E-state index contributed by atoms with van der Waals surface area (Å²) < 4.78 is 0. The van der Waals surface area contributed by atoms with Gasteiger partial charge in [-0.1, -0.05) is 26.7 Å². The summed E-state index contributed by atoms with van der Waals surface area (Å²) in [5.74, 6) is 0. The van der Waals surface area contributed by atoms with Crippen molar-refractivity contribution in [2.24, 2.45) is 0 Å². The first-order valence-electron chi connectivity index (χ1n) is 6.81. The molecule has 16 heavy (non-hydrogen) atoms. The van der Waals surface area contributed by atoms with Crippen molar-refractivity contribution in [1.29, 1.82) is 0 Å². The van der Waals surface area contributed by atoms with Crippen LogP contribution in [0.25, 0.3) is 0 Å². The molecule has 98 valence electrons. The maximum absolute atomic E-state index is 8.64. The number of unbranched alkanes of at least 4 members (excludes halogenated alkanes) is 3. The maximum atomic E-state index is 8.64. The molecule has 0 fully saturated rings. The molecular formula is C13H30N2O. The number of nitrogens with one attached hydrogen (secondary N) is 1. The molecule has 0 aliphatic rings. The van der Waals surface area contributed by atoms with Gasteiger partial charge in [0.1, 0.15) is 0 Å². The van der Waals surface area contributed by atoms with Crippen molar-refractivity contribution < 1.29 is 5.11 Å². The van der Waals surface area contributed by atoms with E-state index in [0.29, 0.717) is 12.6 Å². The molecule has 3 nitrogen and oxygen atoms in total. The van der Waals surface area contributed by atoms with E-state index in [1.165, 1.54) is 12.8 Å². The summed E-state index contributed by atoms with van der Waals surface area (Å²) in [6.07, 6.45) is 4.56. The van der Waals surface area contributed by atoms with Gasteiger partial charge in [0.15, 0.2) is 0 Å². The van der Waals surface area contributed by atoms with Crippen LogP contribution in [0.4, 0.5) is 0 Å². The number of rotatable bonds is 11. The van der Waals surface area contributed by atoms with E-state index in [9.17, 15) is 0 Å². The van der Waals surface area contributed by atoms with E-state index in [1.807, 2.05) is 0 Å². The molecule has 0 rings (SSSR count). The van der Waals surface area contributed by atoms with Crippen LogP contribution in [0.15, 0.2) is 0 Å². The quantitative estimate of drug-likeness (QED) is 0.532. The van der Waals surface area contributed by atoms with Gasteiger partial charge in [0.25, 0.3) is 0 Å². The van der Waals surface area contributed by atoms with Crippen LogP contribution in [0.1, 0.15) is 46.5 Å². The lowest BCUT2D eigenvalue weighted by molar-refractivity contribution is 0.269. The Morgan fingerprint density at radius 3 is 2.25 bits per heavy atom. The Balaban J connectivity index is 3.32. The maximum Gasteiger partial charge on any atom is 0.0431 e. The third kappa shape index (κ3) is 9.13. The summed E-state index contributed by atoms with van der Waals surface area (Å²) in [4.78, 5) is 2.45. The van der Waals surface area contributed by atoms with Crippen molar-refractivity contribution in [3.63, 3.8) is 0 Å². The second kappa shape index (κ2) is 11.4. The molecule has 0 spiro atoms. The Kier molecular flexibility index (Phi) is 11.3. The standard InChI is InChI=1S/C13H30N2O/c1-4-15(5-2)12-13(3)14-10-8-6-7-9-11-16/h13-14,16H,4-12H2,1-3H3. The topological polar surface area (TPSA) is 35.5 Å². The lowest BCUT2D eigenvalue weighted by Gasteiger charge is -2.23. The summed E-state index contributed by atoms with van der Waals surface area (Å²) in [5.41, 5.74) is 0. The van der Waals surface area contributed by atoms with Gasteiger partial charge < -0.3 is 15.3 Å². The zero-order chi connectivity index (χ0) is 12.2. The SMILES string of the molecule is CCN(CC)CC(C)NCCCCCCO. The van der Waals surface area contributed by atoms with E-state index in [2.05, 4.69) is 31.0 Å². The number of likely N-dealkylation sites (N-methyl/N-ethyl adjacent to an activating group) is 1. The van der Waals surface area contributed by atoms with Gasteiger partial charge in [-0.05, 0) is 39.4 Å². The fourth-order valence-electron chi connectivity index (χ4n) is 1.87. The van der Waals surface area contributed by atoms with Gasteiger partial charge in [0.2, 0.25) is 0 Å². The van der Waals surface area contributed by atoms with Crippen LogP contribution < -0.4 is 5.32 Å². The first-order chi connectivity index (χ1) is 7.74. The van der Waals surface area contributed by atoms with E-state index in [-0.39, 0.29) is 0 Å². The van der Waals surface area contributed by atoms with Crippen LogP contribution in [-0.4, -0.2) is 48.8 Å². The molecule has 0 aromatic rings. The lowest BCUT2D eigenvalue weighted by Crippen LogP contribution is -2.39. The highest BCUT2D eigenvalue weighted by Crippen LogP contribution is 1.98. The first kappa shape index (κ1) is 15.9. The molecule has 0 aliphatic heterocycles. The Morgan fingerprint density at radius 1 is 1.06 bits per heavy atom. The molecule has 3 heteroatoms. The summed E-state index contributed by atoms with van der Waals surface area (Å²) in [6, 6.07) is 0.581. The minimum atomic E-state index is 0.339. The average molecular weight is 230 g/mol. The lowest BCUT2D eigenvalue weighted by atomic mass is 10.2. The molecule has 0 amide bonds. The molecular weight excluding hydrogens is 200 g/mol. The van der Waals surface area contributed by atoms with E-state index < -0.39 is 0 Å². The number of aliphatic hydroxyl groups excluding tert-OH is 1. The zero-order valence-electron chi connectivity index (χ0n) is 11.3. The Bertz CT molecular complexity index is 138. The molecule has 0 aliphatic carbocycles. The first-order valence-corrected chi connectivity index (χ1v) is 6.81. The summed E-state index contributed by atoms with van der Waals surface area (Å²) in [5, 5.41) is 12.2. The van der Waals surface area contributed by atoms with E-state index >= 15 is 0 Å². The van der Waals surface area contributed by atoms with Gasteiger partial charge in [0.05, 0.1) is 0 Å². The monoisotopic (exact) mass is 230 g/mol. The van der Waals surface area contributed by atoms with Gasteiger partial charge in [-0.3, -0.25) is 0 Å². The number of aliphatic hydroxyl groups is 1. The second-order valence-electron chi connectivity index (χ2n) is 4.48. The van der Waals surface area contributed by atoms with Gasteiger partial charge >= 0.3 is 0 Å². The van der Waals surface area contributed by atoms with Gasteiger partial charge in [-0.25, -0.2) is 0 Å². The predicted molar refractivity (Wildman–Crippen MR) is 70.8 cm³/mol. The van der Waals surface area contributed by atoms with Crippen LogP contribution in [0.5, 0.6) is 0 Å². The zero-order valence-corrected chi connectivity index (χ0v) is 11.3. The molecule has 0 saturated carbocycles. The fourth-order valence-corrected chi connectivity index (χ4v) is 1.87. The van der Waals surface area contributed by atoms with Crippen LogP contribution in [0, 0.1) is 0 Å². The summed E-state index contributed by atoms with van der Waals surface area (Å²) in [6.45, 7) is 11.5. The Morgan fingerprint density at radius 2 is 1.69 bits per heavy atom. The summed E-state index contributed by atoms with van der Waals surface area (Å²) in [7, 11) is 0. The minimum Gasteiger partial charge on any atom is -0.396 e. The highest BCUT2D eigenvalue weighted by molar-refractivity contribution is 4.66. The molecule has 0 radical (unpaired) electrons. The average Bonchev–Trinajstić information content (AvgIpc) is 2.30. The van der Waals surface area contributed by atoms with Gasteiger partial charge in [0, 0.05) is 19.2 Å². The molecule has 1 unspecified atom stereocenters. The van der Waals surface area contributed by atoms with Crippen molar-refractivity contribution in [2.45, 2.75) is 52.5 Å². The highest BCUT2D eigenvalue weighted by atomic mass is 16.2. The molecule has 2 N–H and O–H groups in total. The number of nitrogens with zero attached hydrogens (tertiary/aromatic N) is 1. The highest BCUT2D eigenvalue weighted by Gasteiger charge is 2.05. The smallest absolute Gasteiger partial charge is 0.0431 e.